The predicted molar refractivity (Wildman–Crippen MR) is 92.1 cm³/mol. The molecule has 2 unspecified atom stereocenters. The number of carbonyl (C=O) groups is 1. The monoisotopic (exact) mass is 367 g/mol. The van der Waals surface area contributed by atoms with Gasteiger partial charge in [-0.25, -0.2) is 8.57 Å². The Labute approximate surface area is 144 Å². The fourth-order valence-corrected chi connectivity index (χ4v) is 3.97. The maximum Gasteiger partial charge on any atom is 0.373 e. The van der Waals surface area contributed by atoms with Crippen molar-refractivity contribution < 1.29 is 13.9 Å². The molecule has 0 aliphatic rings. The molecule has 0 heterocycles. The molecule has 126 valence electrons. The van der Waals surface area contributed by atoms with Crippen LogP contribution in [0.15, 0.2) is 63.9 Å². The van der Waals surface area contributed by atoms with Crippen LogP contribution in [-0.4, -0.2) is 27.5 Å². The van der Waals surface area contributed by atoms with Gasteiger partial charge in [0.1, 0.15) is 0 Å². The molecule has 2 aromatic rings. The first-order chi connectivity index (χ1) is 11.4. The molecule has 0 radical (unpaired) electrons. The average molecular weight is 368 g/mol. The molecule has 0 aliphatic heterocycles. The molecule has 24 heavy (non-hydrogen) atoms. The molecular weight excluding hydrogens is 354 g/mol. The van der Waals surface area contributed by atoms with Gasteiger partial charge in [-0.15, -0.1) is 0 Å². The van der Waals surface area contributed by atoms with E-state index < -0.39 is 25.9 Å². The highest BCUT2D eigenvalue weighted by molar-refractivity contribution is 7.94. The van der Waals surface area contributed by atoms with Crippen molar-refractivity contribution in [2.24, 2.45) is 4.36 Å². The van der Waals surface area contributed by atoms with Crippen LogP contribution < -0.4 is 5.32 Å². The van der Waals surface area contributed by atoms with Crippen molar-refractivity contribution in [3.63, 3.8) is 0 Å². The van der Waals surface area contributed by atoms with Crippen molar-refractivity contribution >= 4 is 32.9 Å². The number of nitrogens with zero attached hydrogens (tertiary/aromatic N) is 2. The van der Waals surface area contributed by atoms with Crippen molar-refractivity contribution in [2.45, 2.75) is 10.3 Å². The number of hydrogen-bond acceptors (Lipinski definition) is 5. The lowest BCUT2D eigenvalue weighted by Crippen LogP contribution is -2.41. The largest absolute Gasteiger partial charge is 0.373 e. The number of benzene rings is 2. The third kappa shape index (κ3) is 3.72. The molecule has 0 saturated carbocycles. The van der Waals surface area contributed by atoms with E-state index in [-0.39, 0.29) is 4.90 Å². The van der Waals surface area contributed by atoms with E-state index >= 15 is 0 Å². The minimum absolute atomic E-state index is 0.125. The van der Waals surface area contributed by atoms with Crippen LogP contribution >= 0.6 is 11.6 Å². The SMILES string of the molecule is CN=S(=O)(c1ccccc1)C(C(=O)Nc1ccc(Cl)cc1)[N+](=O)[O-]. The van der Waals surface area contributed by atoms with Crippen molar-refractivity contribution in [3.05, 3.63) is 69.7 Å². The van der Waals surface area contributed by atoms with E-state index in [9.17, 15) is 19.1 Å². The third-order valence-corrected chi connectivity index (χ3v) is 5.92. The lowest BCUT2D eigenvalue weighted by Gasteiger charge is -2.15. The quantitative estimate of drug-likeness (QED) is 0.648. The minimum Gasteiger partial charge on any atom is -0.319 e. The molecule has 0 aliphatic carbocycles. The van der Waals surface area contributed by atoms with E-state index in [1.165, 1.54) is 43.4 Å². The summed E-state index contributed by atoms with van der Waals surface area (Å²) in [7, 11) is -2.39. The minimum atomic E-state index is -3.59. The van der Waals surface area contributed by atoms with E-state index in [0.717, 1.165) is 0 Å². The highest BCUT2D eigenvalue weighted by Gasteiger charge is 2.42. The van der Waals surface area contributed by atoms with Gasteiger partial charge in [-0.3, -0.25) is 14.9 Å². The Hall–Kier alpha value is -2.45. The number of nitro groups is 1. The fourth-order valence-electron chi connectivity index (χ4n) is 2.04. The molecule has 9 heteroatoms. The van der Waals surface area contributed by atoms with Crippen LogP contribution in [0.3, 0.4) is 0 Å². The van der Waals surface area contributed by atoms with Crippen LogP contribution in [0.25, 0.3) is 0 Å². The zero-order valence-corrected chi connectivity index (χ0v) is 14.2. The van der Waals surface area contributed by atoms with Gasteiger partial charge in [0.2, 0.25) is 0 Å². The second-order valence-electron chi connectivity index (χ2n) is 4.70. The Balaban J connectivity index is 2.41. The molecule has 7 nitrogen and oxygen atoms in total. The lowest BCUT2D eigenvalue weighted by atomic mass is 10.3. The normalized spacial score (nSPS) is 14.2. The van der Waals surface area contributed by atoms with E-state index in [1.807, 2.05) is 0 Å². The molecular formula is C15H14ClN3O4S. The highest BCUT2D eigenvalue weighted by Crippen LogP contribution is 2.21. The summed E-state index contributed by atoms with van der Waals surface area (Å²) in [6.45, 7) is 0. The van der Waals surface area contributed by atoms with Crippen LogP contribution in [-0.2, 0) is 14.5 Å². The number of halogens is 1. The Bertz CT molecular complexity index is 862. The first kappa shape index (κ1) is 17.9. The molecule has 0 fully saturated rings. The van der Waals surface area contributed by atoms with Crippen LogP contribution in [0.2, 0.25) is 5.02 Å². The summed E-state index contributed by atoms with van der Waals surface area (Å²) in [5.41, 5.74) is 0.308. The maximum absolute atomic E-state index is 13.1. The lowest BCUT2D eigenvalue weighted by molar-refractivity contribution is -0.482. The van der Waals surface area contributed by atoms with Gasteiger partial charge in [0.15, 0.2) is 9.73 Å². The summed E-state index contributed by atoms with van der Waals surface area (Å²) in [6.07, 6.45) is 0. The summed E-state index contributed by atoms with van der Waals surface area (Å²) in [5.74, 6) is -1.01. The topological polar surface area (TPSA) is 102 Å². The van der Waals surface area contributed by atoms with E-state index in [1.54, 1.807) is 18.2 Å². The highest BCUT2D eigenvalue weighted by atomic mass is 35.5. The fraction of sp³-hybridized carbons (Fsp3) is 0.133. The number of nitrogens with one attached hydrogen (secondary N) is 1. The summed E-state index contributed by atoms with van der Waals surface area (Å²) in [4.78, 5) is 23.1. The standard InChI is InChI=1S/C15H14ClN3O4S/c1-17-24(23,13-5-3-2-4-6-13)15(19(21)22)14(20)18-12-9-7-11(16)8-10-12/h2-10,15H,1H3,(H,18,20). The van der Waals surface area contributed by atoms with Gasteiger partial charge in [-0.2, -0.15) is 0 Å². The van der Waals surface area contributed by atoms with Gasteiger partial charge in [-0.1, -0.05) is 29.8 Å². The van der Waals surface area contributed by atoms with Gasteiger partial charge in [0.05, 0.1) is 4.90 Å². The van der Waals surface area contributed by atoms with E-state index in [2.05, 4.69) is 9.68 Å². The zero-order chi connectivity index (χ0) is 17.7. The molecule has 2 atom stereocenters. The Morgan fingerprint density at radius 2 is 1.79 bits per heavy atom. The van der Waals surface area contributed by atoms with Crippen molar-refractivity contribution in [2.75, 3.05) is 12.4 Å². The molecule has 1 amide bonds. The Morgan fingerprint density at radius 3 is 2.29 bits per heavy atom. The first-order valence-electron chi connectivity index (χ1n) is 6.77. The van der Waals surface area contributed by atoms with Crippen molar-refractivity contribution in [1.29, 1.82) is 0 Å². The van der Waals surface area contributed by atoms with Crippen molar-refractivity contribution in [1.82, 2.24) is 0 Å². The number of amides is 1. The molecule has 1 N–H and O–H groups in total. The van der Waals surface area contributed by atoms with Gasteiger partial charge in [0.25, 0.3) is 0 Å². The summed E-state index contributed by atoms with van der Waals surface area (Å²) in [5, 5.41) is 12.2. The third-order valence-electron chi connectivity index (χ3n) is 3.18. The summed E-state index contributed by atoms with van der Waals surface area (Å²) < 4.78 is 16.8. The summed E-state index contributed by atoms with van der Waals surface area (Å²) >= 11 is 5.75. The molecule has 2 aromatic carbocycles. The van der Waals surface area contributed by atoms with Crippen LogP contribution in [0, 0.1) is 10.1 Å². The first-order valence-corrected chi connectivity index (χ1v) is 8.73. The smallest absolute Gasteiger partial charge is 0.319 e. The Morgan fingerprint density at radius 1 is 1.21 bits per heavy atom. The maximum atomic E-state index is 13.1. The molecule has 0 bridgehead atoms. The number of carbonyl (C=O) groups excluding carboxylic acids is 1. The summed E-state index contributed by atoms with van der Waals surface area (Å²) in [6, 6.07) is 13.8. The Kier molecular flexibility index (Phi) is 5.53. The van der Waals surface area contributed by atoms with Crippen LogP contribution in [0.5, 0.6) is 0 Å². The van der Waals surface area contributed by atoms with Crippen LogP contribution in [0.4, 0.5) is 5.69 Å². The molecule has 2 rings (SSSR count). The van der Waals surface area contributed by atoms with Crippen LogP contribution in [0.1, 0.15) is 0 Å². The second-order valence-corrected chi connectivity index (χ2v) is 7.55. The van der Waals surface area contributed by atoms with Gasteiger partial charge in [-0.05, 0) is 36.4 Å². The second kappa shape index (κ2) is 7.41. The zero-order valence-electron chi connectivity index (χ0n) is 12.6. The predicted octanol–water partition coefficient (Wildman–Crippen LogP) is 3.04. The molecule has 0 aromatic heterocycles. The number of rotatable bonds is 5. The van der Waals surface area contributed by atoms with Gasteiger partial charge >= 0.3 is 11.3 Å². The van der Waals surface area contributed by atoms with E-state index in [4.69, 9.17) is 11.6 Å². The molecule has 0 saturated heterocycles. The van der Waals surface area contributed by atoms with Gasteiger partial charge in [0, 0.05) is 22.7 Å². The van der Waals surface area contributed by atoms with Crippen molar-refractivity contribution in [3.8, 4) is 0 Å². The van der Waals surface area contributed by atoms with Gasteiger partial charge < -0.3 is 5.32 Å². The number of anilines is 1. The average Bonchev–Trinajstić information content (AvgIpc) is 2.57. The molecule has 0 spiro atoms. The van der Waals surface area contributed by atoms with E-state index in [0.29, 0.717) is 10.7 Å². The number of hydrogen-bond donors (Lipinski definition) is 1.